The molecule has 1 saturated heterocycles. The summed E-state index contributed by atoms with van der Waals surface area (Å²) in [5.41, 5.74) is 6.18. The number of nitrogens with zero attached hydrogens (tertiary/aromatic N) is 2. The van der Waals surface area contributed by atoms with Gasteiger partial charge in [0, 0.05) is 0 Å². The van der Waals surface area contributed by atoms with Crippen molar-refractivity contribution >= 4 is 5.69 Å². The van der Waals surface area contributed by atoms with Crippen molar-refractivity contribution in [2.24, 2.45) is 5.92 Å². The van der Waals surface area contributed by atoms with Crippen LogP contribution in [0.25, 0.3) is 0 Å². The number of ether oxygens (including phenoxy) is 1. The van der Waals surface area contributed by atoms with Crippen molar-refractivity contribution in [2.45, 2.75) is 12.8 Å². The molecule has 3 N–H and O–H groups in total. The van der Waals surface area contributed by atoms with E-state index in [0.717, 1.165) is 25.9 Å². The fourth-order valence-electron chi connectivity index (χ4n) is 1.69. The predicted molar refractivity (Wildman–Crippen MR) is 57.5 cm³/mol. The third-order valence-electron chi connectivity index (χ3n) is 2.62. The second kappa shape index (κ2) is 4.93. The molecule has 1 aromatic heterocycles. The van der Waals surface area contributed by atoms with E-state index in [1.807, 2.05) is 0 Å². The molecular weight excluding hydrogens is 192 g/mol. The second-order valence-corrected chi connectivity index (χ2v) is 3.79. The highest BCUT2D eigenvalue weighted by atomic mass is 16.5. The van der Waals surface area contributed by atoms with E-state index in [9.17, 15) is 0 Å². The second-order valence-electron chi connectivity index (χ2n) is 3.79. The van der Waals surface area contributed by atoms with Gasteiger partial charge in [0.2, 0.25) is 5.88 Å². The lowest BCUT2D eigenvalue weighted by molar-refractivity contribution is 0.209. The first kappa shape index (κ1) is 10.2. The van der Waals surface area contributed by atoms with Crippen LogP contribution >= 0.6 is 0 Å². The summed E-state index contributed by atoms with van der Waals surface area (Å²) in [4.78, 5) is 7.80. The van der Waals surface area contributed by atoms with Crippen LogP contribution in [0.3, 0.4) is 0 Å². The van der Waals surface area contributed by atoms with Crippen LogP contribution in [-0.2, 0) is 0 Å². The molecular formula is C10H16N4O. The van der Waals surface area contributed by atoms with E-state index in [2.05, 4.69) is 15.3 Å². The Balaban J connectivity index is 1.84. The quantitative estimate of drug-likeness (QED) is 0.754. The van der Waals surface area contributed by atoms with Gasteiger partial charge < -0.3 is 15.8 Å². The fraction of sp³-hybridized carbons (Fsp3) is 0.600. The van der Waals surface area contributed by atoms with Crippen molar-refractivity contribution in [1.29, 1.82) is 0 Å². The van der Waals surface area contributed by atoms with Gasteiger partial charge in [0.15, 0.2) is 0 Å². The minimum Gasteiger partial charge on any atom is -0.476 e. The molecule has 1 aromatic rings. The maximum absolute atomic E-state index is 5.67. The van der Waals surface area contributed by atoms with Gasteiger partial charge in [-0.15, -0.1) is 0 Å². The highest BCUT2D eigenvalue weighted by Crippen LogP contribution is 2.18. The topological polar surface area (TPSA) is 73.1 Å². The molecule has 0 bridgehead atoms. The van der Waals surface area contributed by atoms with Crippen LogP contribution in [0.2, 0.25) is 0 Å². The molecule has 1 aliphatic rings. The molecule has 2 heterocycles. The molecule has 1 fully saturated rings. The average molecular weight is 208 g/mol. The van der Waals surface area contributed by atoms with Gasteiger partial charge in [-0.05, 0) is 31.8 Å². The normalized spacial score (nSPS) is 17.6. The molecule has 0 spiro atoms. The van der Waals surface area contributed by atoms with Gasteiger partial charge >= 0.3 is 0 Å². The van der Waals surface area contributed by atoms with Crippen LogP contribution in [0.4, 0.5) is 5.69 Å². The maximum Gasteiger partial charge on any atom is 0.240 e. The third kappa shape index (κ3) is 2.79. The van der Waals surface area contributed by atoms with Crippen molar-refractivity contribution in [3.63, 3.8) is 0 Å². The Bertz CT molecular complexity index is 312. The molecule has 0 unspecified atom stereocenters. The van der Waals surface area contributed by atoms with Crippen molar-refractivity contribution in [3.8, 4) is 5.88 Å². The molecule has 1 aliphatic heterocycles. The lowest BCUT2D eigenvalue weighted by Gasteiger charge is -2.22. The molecule has 0 radical (unpaired) electrons. The summed E-state index contributed by atoms with van der Waals surface area (Å²) in [6.45, 7) is 2.85. The number of nitrogen functional groups attached to an aromatic ring is 1. The van der Waals surface area contributed by atoms with Crippen molar-refractivity contribution in [1.82, 2.24) is 15.3 Å². The first-order valence-corrected chi connectivity index (χ1v) is 5.25. The van der Waals surface area contributed by atoms with Crippen molar-refractivity contribution in [2.75, 3.05) is 25.4 Å². The number of anilines is 1. The van der Waals surface area contributed by atoms with Gasteiger partial charge in [-0.1, -0.05) is 0 Å². The molecule has 0 aliphatic carbocycles. The number of hydrogen-bond acceptors (Lipinski definition) is 5. The van der Waals surface area contributed by atoms with Crippen LogP contribution < -0.4 is 15.8 Å². The highest BCUT2D eigenvalue weighted by molar-refractivity contribution is 5.44. The average Bonchev–Trinajstić information content (AvgIpc) is 2.29. The molecule has 15 heavy (non-hydrogen) atoms. The molecule has 5 nitrogen and oxygen atoms in total. The molecule has 0 atom stereocenters. The SMILES string of the molecule is Nc1cncnc1OCC1CCNCC1. The number of aromatic nitrogens is 2. The van der Waals surface area contributed by atoms with E-state index in [1.165, 1.54) is 6.33 Å². The van der Waals surface area contributed by atoms with E-state index < -0.39 is 0 Å². The molecule has 0 amide bonds. The zero-order chi connectivity index (χ0) is 10.5. The smallest absolute Gasteiger partial charge is 0.240 e. The lowest BCUT2D eigenvalue weighted by atomic mass is 9.99. The molecule has 0 aromatic carbocycles. The summed E-state index contributed by atoms with van der Waals surface area (Å²) < 4.78 is 5.57. The van der Waals surface area contributed by atoms with E-state index in [-0.39, 0.29) is 0 Å². The standard InChI is InChI=1S/C10H16N4O/c11-9-5-13-7-14-10(9)15-6-8-1-3-12-4-2-8/h5,7-8,12H,1-4,6,11H2. The van der Waals surface area contributed by atoms with Gasteiger partial charge in [0.05, 0.1) is 12.8 Å². The predicted octanol–water partition coefficient (Wildman–Crippen LogP) is 0.437. The van der Waals surface area contributed by atoms with Crippen LogP contribution in [0, 0.1) is 5.92 Å². The number of rotatable bonds is 3. The largest absolute Gasteiger partial charge is 0.476 e. The van der Waals surface area contributed by atoms with E-state index in [4.69, 9.17) is 10.5 Å². The van der Waals surface area contributed by atoms with Crippen LogP contribution in [0.15, 0.2) is 12.5 Å². The minimum absolute atomic E-state index is 0.503. The fourth-order valence-corrected chi connectivity index (χ4v) is 1.69. The van der Waals surface area contributed by atoms with Crippen molar-refractivity contribution < 1.29 is 4.74 Å². The molecule has 5 heteroatoms. The van der Waals surface area contributed by atoms with Crippen molar-refractivity contribution in [3.05, 3.63) is 12.5 Å². The van der Waals surface area contributed by atoms with Gasteiger partial charge in [-0.2, -0.15) is 0 Å². The summed E-state index contributed by atoms with van der Waals surface area (Å²) in [5.74, 6) is 1.11. The Kier molecular flexibility index (Phi) is 3.34. The van der Waals surface area contributed by atoms with Gasteiger partial charge in [-0.3, -0.25) is 0 Å². The van der Waals surface area contributed by atoms with E-state index in [1.54, 1.807) is 6.20 Å². The Labute approximate surface area is 89.1 Å². The monoisotopic (exact) mass is 208 g/mol. The zero-order valence-corrected chi connectivity index (χ0v) is 8.65. The van der Waals surface area contributed by atoms with Gasteiger partial charge in [0.25, 0.3) is 0 Å². The third-order valence-corrected chi connectivity index (χ3v) is 2.62. The lowest BCUT2D eigenvalue weighted by Crippen LogP contribution is -2.30. The maximum atomic E-state index is 5.67. The highest BCUT2D eigenvalue weighted by Gasteiger charge is 2.14. The van der Waals surface area contributed by atoms with E-state index in [0.29, 0.717) is 24.1 Å². The zero-order valence-electron chi connectivity index (χ0n) is 8.65. The molecule has 82 valence electrons. The Morgan fingerprint density at radius 1 is 1.47 bits per heavy atom. The van der Waals surface area contributed by atoms with Crippen LogP contribution in [-0.4, -0.2) is 29.7 Å². The van der Waals surface area contributed by atoms with Gasteiger partial charge in [0.1, 0.15) is 12.0 Å². The summed E-state index contributed by atoms with van der Waals surface area (Å²) in [7, 11) is 0. The van der Waals surface area contributed by atoms with Crippen LogP contribution in [0.5, 0.6) is 5.88 Å². The Hall–Kier alpha value is -1.36. The summed E-state index contributed by atoms with van der Waals surface area (Å²) in [6.07, 6.45) is 5.33. The summed E-state index contributed by atoms with van der Waals surface area (Å²) >= 11 is 0. The first-order chi connectivity index (χ1) is 7.36. The number of hydrogen-bond donors (Lipinski definition) is 2. The van der Waals surface area contributed by atoms with Crippen LogP contribution in [0.1, 0.15) is 12.8 Å². The number of nitrogens with two attached hydrogens (primary N) is 1. The Morgan fingerprint density at radius 3 is 3.00 bits per heavy atom. The number of nitrogens with one attached hydrogen (secondary N) is 1. The Morgan fingerprint density at radius 2 is 2.27 bits per heavy atom. The molecule has 2 rings (SSSR count). The molecule has 0 saturated carbocycles. The first-order valence-electron chi connectivity index (χ1n) is 5.25. The minimum atomic E-state index is 0.503. The van der Waals surface area contributed by atoms with Gasteiger partial charge in [-0.25, -0.2) is 9.97 Å². The summed E-state index contributed by atoms with van der Waals surface area (Å²) in [6, 6.07) is 0. The number of piperidine rings is 1. The summed E-state index contributed by atoms with van der Waals surface area (Å²) in [5, 5.41) is 3.32. The van der Waals surface area contributed by atoms with E-state index >= 15 is 0 Å².